The predicted octanol–water partition coefficient (Wildman–Crippen LogP) is 3.27. The molecule has 4 rings (SSSR count). The molecule has 2 bridgehead atoms. The molecule has 3 saturated carbocycles. The normalized spacial score (nSPS) is 37.1. The minimum atomic E-state index is -0.531. The maximum absolute atomic E-state index is 13.2. The first-order chi connectivity index (χ1) is 6.94. The first kappa shape index (κ1) is 9.88. The van der Waals surface area contributed by atoms with E-state index in [4.69, 9.17) is 28.9 Å². The maximum atomic E-state index is 13.2. The molecule has 0 heterocycles. The van der Waals surface area contributed by atoms with Gasteiger partial charge in [0, 0.05) is 11.0 Å². The van der Waals surface area contributed by atoms with E-state index in [1.165, 1.54) is 0 Å². The quantitative estimate of drug-likeness (QED) is 0.756. The first-order valence-corrected chi connectivity index (χ1v) is 5.64. The van der Waals surface area contributed by atoms with Crippen LogP contribution in [0.4, 0.5) is 4.39 Å². The number of hydrogen-bond donors (Lipinski definition) is 1. The van der Waals surface area contributed by atoms with Crippen molar-refractivity contribution in [2.75, 3.05) is 0 Å². The van der Waals surface area contributed by atoms with Gasteiger partial charge in [0.1, 0.15) is 0 Å². The topological polar surface area (TPSA) is 26.0 Å². The molecular formula is C11H10Cl2FN. The van der Waals surface area contributed by atoms with Crippen molar-refractivity contribution < 1.29 is 4.39 Å². The van der Waals surface area contributed by atoms with Gasteiger partial charge in [0.15, 0.2) is 5.82 Å². The molecule has 1 aromatic rings. The van der Waals surface area contributed by atoms with Crippen molar-refractivity contribution in [2.45, 2.75) is 30.2 Å². The van der Waals surface area contributed by atoms with Crippen LogP contribution in [-0.4, -0.2) is 5.54 Å². The highest BCUT2D eigenvalue weighted by atomic mass is 35.5. The molecule has 0 aromatic heterocycles. The van der Waals surface area contributed by atoms with Crippen LogP contribution in [0.5, 0.6) is 0 Å². The van der Waals surface area contributed by atoms with Gasteiger partial charge in [-0.05, 0) is 37.0 Å². The highest BCUT2D eigenvalue weighted by Crippen LogP contribution is 2.66. The predicted molar refractivity (Wildman–Crippen MR) is 58.9 cm³/mol. The zero-order valence-electron chi connectivity index (χ0n) is 7.99. The summed E-state index contributed by atoms with van der Waals surface area (Å²) in [5, 5.41) is 0.210. The molecule has 0 atom stereocenters. The third-order valence-corrected chi connectivity index (χ3v) is 4.22. The van der Waals surface area contributed by atoms with Crippen molar-refractivity contribution in [1.82, 2.24) is 0 Å². The number of nitrogens with two attached hydrogens (primary N) is 1. The van der Waals surface area contributed by atoms with Crippen molar-refractivity contribution in [3.63, 3.8) is 0 Å². The van der Waals surface area contributed by atoms with E-state index in [-0.39, 0.29) is 21.0 Å². The van der Waals surface area contributed by atoms with Gasteiger partial charge in [-0.3, -0.25) is 0 Å². The van der Waals surface area contributed by atoms with Gasteiger partial charge in [0.25, 0.3) is 0 Å². The maximum Gasteiger partial charge on any atom is 0.160 e. The molecule has 1 aromatic carbocycles. The molecule has 0 saturated heterocycles. The highest BCUT2D eigenvalue weighted by Gasteiger charge is 2.66. The van der Waals surface area contributed by atoms with Gasteiger partial charge >= 0.3 is 0 Å². The molecule has 3 aliphatic rings. The van der Waals surface area contributed by atoms with E-state index >= 15 is 0 Å². The lowest BCUT2D eigenvalue weighted by Crippen LogP contribution is -2.74. The minimum absolute atomic E-state index is 0.0351. The monoisotopic (exact) mass is 245 g/mol. The molecule has 0 unspecified atom stereocenters. The molecular weight excluding hydrogens is 236 g/mol. The van der Waals surface area contributed by atoms with Gasteiger partial charge in [-0.2, -0.15) is 0 Å². The van der Waals surface area contributed by atoms with E-state index in [1.807, 2.05) is 0 Å². The Morgan fingerprint density at radius 3 is 2.00 bits per heavy atom. The van der Waals surface area contributed by atoms with Crippen molar-refractivity contribution >= 4 is 23.2 Å². The molecule has 0 spiro atoms. The van der Waals surface area contributed by atoms with Crippen LogP contribution in [0.1, 0.15) is 24.8 Å². The number of benzene rings is 1. The van der Waals surface area contributed by atoms with Crippen LogP contribution in [0.15, 0.2) is 12.1 Å². The molecule has 0 amide bonds. The first-order valence-electron chi connectivity index (χ1n) is 4.88. The summed E-state index contributed by atoms with van der Waals surface area (Å²) >= 11 is 11.5. The zero-order valence-corrected chi connectivity index (χ0v) is 9.50. The summed E-state index contributed by atoms with van der Waals surface area (Å²) in [5.74, 6) is -0.531. The van der Waals surface area contributed by atoms with Gasteiger partial charge in [-0.15, -0.1) is 0 Å². The molecule has 0 aliphatic heterocycles. The van der Waals surface area contributed by atoms with Crippen LogP contribution < -0.4 is 5.73 Å². The zero-order chi connectivity index (χ0) is 10.8. The molecule has 80 valence electrons. The van der Waals surface area contributed by atoms with Crippen LogP contribution in [-0.2, 0) is 5.41 Å². The Labute approximate surface area is 97.4 Å². The summed E-state index contributed by atoms with van der Waals surface area (Å²) in [7, 11) is 0. The number of rotatable bonds is 1. The molecule has 3 aliphatic carbocycles. The van der Waals surface area contributed by atoms with Crippen molar-refractivity contribution in [1.29, 1.82) is 0 Å². The minimum Gasteiger partial charge on any atom is -0.325 e. The van der Waals surface area contributed by atoms with Gasteiger partial charge in [0.05, 0.1) is 10.0 Å². The van der Waals surface area contributed by atoms with E-state index < -0.39 is 5.82 Å². The Kier molecular flexibility index (Phi) is 1.76. The van der Waals surface area contributed by atoms with Crippen LogP contribution >= 0.6 is 23.2 Å². The van der Waals surface area contributed by atoms with Crippen LogP contribution in [0.3, 0.4) is 0 Å². The SMILES string of the molecule is NC12CC(c3cc(Cl)c(F)c(Cl)c3)(C1)C2. The summed E-state index contributed by atoms with van der Waals surface area (Å²) in [6.07, 6.45) is 2.91. The Morgan fingerprint density at radius 1 is 1.13 bits per heavy atom. The number of hydrogen-bond acceptors (Lipinski definition) is 1. The Hall–Kier alpha value is -0.310. The van der Waals surface area contributed by atoms with E-state index in [0.717, 1.165) is 24.8 Å². The summed E-state index contributed by atoms with van der Waals surface area (Å²) in [5.41, 5.74) is 7.18. The molecule has 4 heteroatoms. The Balaban J connectivity index is 2.01. The van der Waals surface area contributed by atoms with E-state index in [0.29, 0.717) is 0 Å². The molecule has 1 nitrogen and oxygen atoms in total. The van der Waals surface area contributed by atoms with Gasteiger partial charge in [-0.1, -0.05) is 23.2 Å². The summed E-state index contributed by atoms with van der Waals surface area (Å²) in [6.45, 7) is 0. The second-order valence-electron chi connectivity index (χ2n) is 4.93. The Bertz CT molecular complexity index is 415. The average molecular weight is 246 g/mol. The molecule has 2 N–H and O–H groups in total. The van der Waals surface area contributed by atoms with Crippen LogP contribution in [0.25, 0.3) is 0 Å². The average Bonchev–Trinajstić information content (AvgIpc) is 2.06. The largest absolute Gasteiger partial charge is 0.325 e. The summed E-state index contributed by atoms with van der Waals surface area (Å²) in [6, 6.07) is 3.36. The molecule has 0 radical (unpaired) electrons. The lowest BCUT2D eigenvalue weighted by atomic mass is 9.38. The Morgan fingerprint density at radius 2 is 1.60 bits per heavy atom. The lowest BCUT2D eigenvalue weighted by molar-refractivity contribution is -0.0590. The van der Waals surface area contributed by atoms with Gasteiger partial charge in [-0.25, -0.2) is 4.39 Å². The smallest absolute Gasteiger partial charge is 0.160 e. The van der Waals surface area contributed by atoms with Crippen LogP contribution in [0.2, 0.25) is 10.0 Å². The van der Waals surface area contributed by atoms with Crippen molar-refractivity contribution in [3.05, 3.63) is 33.6 Å². The fourth-order valence-corrected chi connectivity index (χ4v) is 3.52. The lowest BCUT2D eigenvalue weighted by Gasteiger charge is -2.69. The highest BCUT2D eigenvalue weighted by molar-refractivity contribution is 6.35. The number of halogens is 3. The second-order valence-corrected chi connectivity index (χ2v) is 5.74. The van der Waals surface area contributed by atoms with E-state index in [2.05, 4.69) is 0 Å². The fraction of sp³-hybridized carbons (Fsp3) is 0.455. The third kappa shape index (κ3) is 1.19. The van der Waals surface area contributed by atoms with E-state index in [1.54, 1.807) is 12.1 Å². The van der Waals surface area contributed by atoms with Gasteiger partial charge in [0.2, 0.25) is 0 Å². The summed E-state index contributed by atoms with van der Waals surface area (Å²) < 4.78 is 13.2. The third-order valence-electron chi connectivity index (χ3n) is 3.67. The standard InChI is InChI=1S/C11H10Cl2FN/c12-7-1-6(2-8(13)9(7)14)10-3-11(15,4-10)5-10/h1-2H,3-5,15H2. The molecule has 3 fully saturated rings. The van der Waals surface area contributed by atoms with Crippen molar-refractivity contribution in [3.8, 4) is 0 Å². The molecule has 15 heavy (non-hydrogen) atoms. The fourth-order valence-electron chi connectivity index (χ4n) is 3.03. The van der Waals surface area contributed by atoms with Crippen molar-refractivity contribution in [2.24, 2.45) is 5.73 Å². The van der Waals surface area contributed by atoms with Crippen LogP contribution in [0, 0.1) is 5.82 Å². The summed E-state index contributed by atoms with van der Waals surface area (Å²) in [4.78, 5) is 0. The van der Waals surface area contributed by atoms with Gasteiger partial charge < -0.3 is 5.73 Å². The second kappa shape index (κ2) is 2.68. The van der Waals surface area contributed by atoms with E-state index in [9.17, 15) is 4.39 Å².